The number of carbonyl (C=O) groups is 2. The lowest BCUT2D eigenvalue weighted by atomic mass is 10.1. The smallest absolute Gasteiger partial charge is 0.282 e. The van der Waals surface area contributed by atoms with Crippen LogP contribution >= 0.6 is 27.5 Å². The molecule has 7 heteroatoms. The summed E-state index contributed by atoms with van der Waals surface area (Å²) in [6, 6.07) is 20.3. The third-order valence-corrected chi connectivity index (χ3v) is 5.52. The number of carbonyl (C=O) groups excluding carboxylic acids is 2. The maximum atomic E-state index is 12.9. The number of nitrogens with zero attached hydrogens (tertiary/aromatic N) is 1. The Morgan fingerprint density at radius 3 is 2.58 bits per heavy atom. The molecule has 3 aromatic carbocycles. The van der Waals surface area contributed by atoms with E-state index in [1.165, 1.54) is 11.1 Å². The molecule has 1 aliphatic heterocycles. The summed E-state index contributed by atoms with van der Waals surface area (Å²) in [6.45, 7) is 2.34. The van der Waals surface area contributed by atoms with Crippen molar-refractivity contribution in [1.82, 2.24) is 5.43 Å². The molecule has 1 fully saturated rings. The van der Waals surface area contributed by atoms with Crippen LogP contribution in [0.5, 0.6) is 5.75 Å². The highest BCUT2D eigenvalue weighted by Crippen LogP contribution is 2.35. The highest BCUT2D eigenvalue weighted by molar-refractivity contribution is 9.10. The average molecular weight is 498 g/mol. The van der Waals surface area contributed by atoms with Crippen LogP contribution in [0.15, 0.2) is 76.8 Å². The monoisotopic (exact) mass is 496 g/mol. The maximum Gasteiger partial charge on any atom is 0.282 e. The van der Waals surface area contributed by atoms with Crippen molar-refractivity contribution in [3.8, 4) is 5.75 Å². The van der Waals surface area contributed by atoms with Crippen molar-refractivity contribution < 1.29 is 14.3 Å². The second kappa shape index (κ2) is 8.96. The molecule has 4 rings (SSSR count). The minimum absolute atomic E-state index is 0.00146. The van der Waals surface area contributed by atoms with Crippen molar-refractivity contribution >= 4 is 51.1 Å². The van der Waals surface area contributed by atoms with E-state index in [4.69, 9.17) is 16.3 Å². The van der Waals surface area contributed by atoms with Gasteiger partial charge >= 0.3 is 0 Å². The Morgan fingerprint density at radius 1 is 1.06 bits per heavy atom. The summed E-state index contributed by atoms with van der Waals surface area (Å²) in [7, 11) is 0. The minimum Gasteiger partial charge on any atom is -0.487 e. The molecule has 0 unspecified atom stereocenters. The number of ether oxygens (including phenoxy) is 1. The summed E-state index contributed by atoms with van der Waals surface area (Å²) >= 11 is 9.71. The number of amides is 2. The second-order valence-electron chi connectivity index (χ2n) is 7.06. The van der Waals surface area contributed by atoms with E-state index in [9.17, 15) is 9.59 Å². The SMILES string of the molecule is Cc1cccc(COc2c(Br)cc(Cl)cc2C=C2C(=O)NN(c3ccccc3)C2=O)c1. The van der Waals surface area contributed by atoms with E-state index in [0.29, 0.717) is 33.1 Å². The predicted molar refractivity (Wildman–Crippen MR) is 125 cm³/mol. The molecule has 3 aromatic rings. The van der Waals surface area contributed by atoms with Crippen LogP contribution in [-0.4, -0.2) is 11.8 Å². The fourth-order valence-electron chi connectivity index (χ4n) is 3.27. The Balaban J connectivity index is 1.66. The van der Waals surface area contributed by atoms with Gasteiger partial charge in [-0.2, -0.15) is 0 Å². The summed E-state index contributed by atoms with van der Waals surface area (Å²) in [5, 5.41) is 1.67. The number of aryl methyl sites for hydroxylation is 1. The Labute approximate surface area is 193 Å². The number of hydrogen-bond acceptors (Lipinski definition) is 3. The first kappa shape index (κ1) is 21.2. The van der Waals surface area contributed by atoms with Gasteiger partial charge in [-0.3, -0.25) is 15.0 Å². The van der Waals surface area contributed by atoms with Gasteiger partial charge < -0.3 is 4.74 Å². The van der Waals surface area contributed by atoms with Crippen LogP contribution in [0.2, 0.25) is 5.02 Å². The van der Waals surface area contributed by atoms with Gasteiger partial charge in [0.2, 0.25) is 0 Å². The highest BCUT2D eigenvalue weighted by Gasteiger charge is 2.34. The van der Waals surface area contributed by atoms with Gasteiger partial charge in [-0.05, 0) is 58.8 Å². The largest absolute Gasteiger partial charge is 0.487 e. The van der Waals surface area contributed by atoms with E-state index in [0.717, 1.165) is 11.1 Å². The summed E-state index contributed by atoms with van der Waals surface area (Å²) in [6.07, 6.45) is 1.50. The maximum absolute atomic E-state index is 12.9. The van der Waals surface area contributed by atoms with Crippen molar-refractivity contribution in [3.63, 3.8) is 0 Å². The van der Waals surface area contributed by atoms with Crippen molar-refractivity contribution in [2.75, 3.05) is 5.01 Å². The van der Waals surface area contributed by atoms with Crippen molar-refractivity contribution in [3.05, 3.63) is 98.5 Å². The second-order valence-corrected chi connectivity index (χ2v) is 8.35. The molecule has 1 heterocycles. The zero-order valence-electron chi connectivity index (χ0n) is 16.6. The van der Waals surface area contributed by atoms with Crippen LogP contribution in [0, 0.1) is 6.92 Å². The van der Waals surface area contributed by atoms with E-state index in [1.807, 2.05) is 37.3 Å². The Bertz CT molecular complexity index is 1190. The molecule has 0 aliphatic carbocycles. The van der Waals surface area contributed by atoms with E-state index >= 15 is 0 Å². The van der Waals surface area contributed by atoms with Crippen LogP contribution < -0.4 is 15.2 Å². The number of nitrogens with one attached hydrogen (secondary N) is 1. The molecule has 0 aromatic heterocycles. The highest BCUT2D eigenvalue weighted by atomic mass is 79.9. The number of benzene rings is 3. The van der Waals surface area contributed by atoms with Crippen LogP contribution in [-0.2, 0) is 16.2 Å². The van der Waals surface area contributed by atoms with E-state index in [1.54, 1.807) is 36.4 Å². The zero-order chi connectivity index (χ0) is 22.0. The molecule has 0 saturated carbocycles. The Kier molecular flexibility index (Phi) is 6.11. The molecule has 0 atom stereocenters. The van der Waals surface area contributed by atoms with Crippen molar-refractivity contribution in [2.24, 2.45) is 0 Å². The number of anilines is 1. The number of rotatable bonds is 5. The zero-order valence-corrected chi connectivity index (χ0v) is 18.9. The molecule has 0 bridgehead atoms. The normalized spacial score (nSPS) is 14.8. The van der Waals surface area contributed by atoms with Gasteiger partial charge in [-0.1, -0.05) is 59.6 Å². The summed E-state index contributed by atoms with van der Waals surface area (Å²) in [4.78, 5) is 25.5. The van der Waals surface area contributed by atoms with E-state index in [-0.39, 0.29) is 5.57 Å². The molecule has 1 N–H and O–H groups in total. The molecular formula is C24H18BrClN2O3. The summed E-state index contributed by atoms with van der Waals surface area (Å²) in [5.41, 5.74) is 5.83. The first-order chi connectivity index (χ1) is 14.9. The van der Waals surface area contributed by atoms with Crippen LogP contribution in [0.25, 0.3) is 6.08 Å². The molecule has 31 heavy (non-hydrogen) atoms. The fourth-order valence-corrected chi connectivity index (χ4v) is 4.22. The molecule has 156 valence electrons. The molecule has 1 aliphatic rings. The number of hydrogen-bond donors (Lipinski definition) is 1. The lowest BCUT2D eigenvalue weighted by molar-refractivity contribution is -0.117. The van der Waals surface area contributed by atoms with Crippen LogP contribution in [0.4, 0.5) is 5.69 Å². The number of para-hydroxylation sites is 1. The summed E-state index contributed by atoms with van der Waals surface area (Å²) < 4.78 is 6.68. The Hall–Kier alpha value is -3.09. The predicted octanol–water partition coefficient (Wildman–Crippen LogP) is 5.45. The first-order valence-corrected chi connectivity index (χ1v) is 10.7. The van der Waals surface area contributed by atoms with Gasteiger partial charge in [-0.15, -0.1) is 0 Å². The van der Waals surface area contributed by atoms with Gasteiger partial charge in [-0.25, -0.2) is 5.01 Å². The van der Waals surface area contributed by atoms with E-state index < -0.39 is 11.8 Å². The summed E-state index contributed by atoms with van der Waals surface area (Å²) in [5.74, 6) is -0.441. The van der Waals surface area contributed by atoms with Gasteiger partial charge in [0.25, 0.3) is 11.8 Å². The van der Waals surface area contributed by atoms with Crippen LogP contribution in [0.3, 0.4) is 0 Å². The first-order valence-electron chi connectivity index (χ1n) is 9.52. The minimum atomic E-state index is -0.491. The molecule has 0 radical (unpaired) electrons. The molecule has 1 saturated heterocycles. The Morgan fingerprint density at radius 2 is 1.84 bits per heavy atom. The number of hydrazine groups is 1. The molecular weight excluding hydrogens is 480 g/mol. The van der Waals surface area contributed by atoms with Gasteiger partial charge in [0.1, 0.15) is 17.9 Å². The quantitative estimate of drug-likeness (QED) is 0.377. The number of halogens is 2. The molecule has 5 nitrogen and oxygen atoms in total. The van der Waals surface area contributed by atoms with Gasteiger partial charge in [0, 0.05) is 10.6 Å². The lowest BCUT2D eigenvalue weighted by Gasteiger charge is -2.14. The fraction of sp³-hybridized carbons (Fsp3) is 0.0833. The third kappa shape index (κ3) is 4.65. The van der Waals surface area contributed by atoms with Crippen LogP contribution in [0.1, 0.15) is 16.7 Å². The van der Waals surface area contributed by atoms with Gasteiger partial charge in [0.15, 0.2) is 0 Å². The topological polar surface area (TPSA) is 58.6 Å². The van der Waals surface area contributed by atoms with Gasteiger partial charge in [0.05, 0.1) is 10.2 Å². The average Bonchev–Trinajstić information content (AvgIpc) is 3.02. The third-order valence-electron chi connectivity index (χ3n) is 4.71. The lowest BCUT2D eigenvalue weighted by Crippen LogP contribution is -2.35. The van der Waals surface area contributed by atoms with E-state index in [2.05, 4.69) is 21.4 Å². The standard InChI is InChI=1S/C24H18BrClN2O3/c1-15-6-5-7-16(10-15)14-31-22-17(11-18(26)13-21(22)25)12-20-23(29)27-28(24(20)30)19-8-3-2-4-9-19/h2-13H,14H2,1H3,(H,27,29). The van der Waals surface area contributed by atoms with Crippen molar-refractivity contribution in [2.45, 2.75) is 13.5 Å². The van der Waals surface area contributed by atoms with Crippen molar-refractivity contribution in [1.29, 1.82) is 0 Å². The molecule has 0 spiro atoms. The molecule has 2 amide bonds.